The molecule has 0 radical (unpaired) electrons. The molecule has 3 atom stereocenters. The van der Waals surface area contributed by atoms with Crippen LogP contribution in [0.25, 0.3) is 0 Å². The monoisotopic (exact) mass is 249 g/mol. The summed E-state index contributed by atoms with van der Waals surface area (Å²) in [5.41, 5.74) is 8.63. The summed E-state index contributed by atoms with van der Waals surface area (Å²) < 4.78 is 11.5. The predicted molar refractivity (Wildman–Crippen MR) is 72.8 cm³/mol. The average molecular weight is 249 g/mol. The Kier molecular flexibility index (Phi) is 4.25. The molecule has 0 aromatic heterocycles. The zero-order valence-corrected chi connectivity index (χ0v) is 11.5. The molecule has 0 aliphatic carbocycles. The van der Waals surface area contributed by atoms with E-state index in [4.69, 9.17) is 15.2 Å². The summed E-state index contributed by atoms with van der Waals surface area (Å²) >= 11 is 0. The van der Waals surface area contributed by atoms with E-state index in [1.807, 2.05) is 13.0 Å². The van der Waals surface area contributed by atoms with Gasteiger partial charge in [-0.2, -0.15) is 0 Å². The van der Waals surface area contributed by atoms with Crippen LogP contribution in [0.3, 0.4) is 0 Å². The van der Waals surface area contributed by atoms with Crippen molar-refractivity contribution in [2.24, 2.45) is 5.73 Å². The number of hydrogen-bond donors (Lipinski definition) is 1. The maximum absolute atomic E-state index is 6.36. The van der Waals surface area contributed by atoms with Gasteiger partial charge in [0.15, 0.2) is 0 Å². The fraction of sp³-hybridized carbons (Fsp3) is 0.600. The normalized spacial score (nSPS) is 25.1. The lowest BCUT2D eigenvalue weighted by Crippen LogP contribution is -2.27. The van der Waals surface area contributed by atoms with Crippen LogP contribution in [0.4, 0.5) is 0 Å². The summed E-state index contributed by atoms with van der Waals surface area (Å²) in [4.78, 5) is 0. The van der Waals surface area contributed by atoms with Crippen LogP contribution >= 0.6 is 0 Å². The molecule has 2 N–H and O–H groups in total. The van der Waals surface area contributed by atoms with E-state index in [-0.39, 0.29) is 12.1 Å². The van der Waals surface area contributed by atoms with E-state index in [0.29, 0.717) is 12.7 Å². The van der Waals surface area contributed by atoms with Gasteiger partial charge in [0.1, 0.15) is 5.75 Å². The maximum Gasteiger partial charge on any atom is 0.124 e. The Morgan fingerprint density at radius 1 is 1.44 bits per heavy atom. The van der Waals surface area contributed by atoms with Crippen LogP contribution in [0, 0.1) is 6.92 Å². The van der Waals surface area contributed by atoms with Gasteiger partial charge < -0.3 is 15.2 Å². The molecule has 1 aromatic carbocycles. The molecule has 1 aliphatic heterocycles. The summed E-state index contributed by atoms with van der Waals surface area (Å²) in [5, 5.41) is 0. The second-order valence-corrected chi connectivity index (χ2v) is 5.06. The standard InChI is InChI=1S/C15H23NO2/c1-4-17-13-7-5-10(2)9-12(13)15(16)14-8-6-11(3)18-14/h5,7,9,11,14-15H,4,6,8,16H2,1-3H3. The van der Waals surface area contributed by atoms with Gasteiger partial charge in [0.05, 0.1) is 24.9 Å². The molecule has 1 fully saturated rings. The molecule has 100 valence electrons. The minimum absolute atomic E-state index is 0.101. The second kappa shape index (κ2) is 5.72. The molecule has 3 nitrogen and oxygen atoms in total. The molecule has 1 heterocycles. The SMILES string of the molecule is CCOc1ccc(C)cc1C(N)C1CCC(C)O1. The summed E-state index contributed by atoms with van der Waals surface area (Å²) in [5.74, 6) is 0.888. The molecule has 1 saturated heterocycles. The summed E-state index contributed by atoms with van der Waals surface area (Å²) in [6, 6.07) is 6.07. The van der Waals surface area contributed by atoms with Crippen LogP contribution in [0.5, 0.6) is 5.75 Å². The molecule has 1 aromatic rings. The van der Waals surface area contributed by atoms with Gasteiger partial charge in [-0.3, -0.25) is 0 Å². The molecule has 3 unspecified atom stereocenters. The maximum atomic E-state index is 6.36. The zero-order chi connectivity index (χ0) is 13.1. The van der Waals surface area contributed by atoms with E-state index in [0.717, 1.165) is 24.2 Å². The van der Waals surface area contributed by atoms with Crippen molar-refractivity contribution in [1.82, 2.24) is 0 Å². The van der Waals surface area contributed by atoms with Crippen LogP contribution in [0.15, 0.2) is 18.2 Å². The molecule has 3 heteroatoms. The van der Waals surface area contributed by atoms with Crippen LogP contribution in [-0.2, 0) is 4.74 Å². The molecule has 2 rings (SSSR count). The van der Waals surface area contributed by atoms with E-state index >= 15 is 0 Å². The van der Waals surface area contributed by atoms with Crippen LogP contribution < -0.4 is 10.5 Å². The first-order chi connectivity index (χ1) is 8.61. The third-order valence-electron chi connectivity index (χ3n) is 3.49. The number of aryl methyl sites for hydroxylation is 1. The highest BCUT2D eigenvalue weighted by molar-refractivity contribution is 5.39. The van der Waals surface area contributed by atoms with Gasteiger partial charge in [-0.05, 0) is 39.7 Å². The zero-order valence-electron chi connectivity index (χ0n) is 11.5. The second-order valence-electron chi connectivity index (χ2n) is 5.06. The number of ether oxygens (including phenoxy) is 2. The highest BCUT2D eigenvalue weighted by atomic mass is 16.5. The number of nitrogens with two attached hydrogens (primary N) is 1. The molecule has 0 amide bonds. The van der Waals surface area contributed by atoms with Crippen molar-refractivity contribution in [3.05, 3.63) is 29.3 Å². The fourth-order valence-electron chi connectivity index (χ4n) is 2.51. The number of rotatable bonds is 4. The van der Waals surface area contributed by atoms with Gasteiger partial charge in [0, 0.05) is 5.56 Å². The highest BCUT2D eigenvalue weighted by Crippen LogP contribution is 2.33. The van der Waals surface area contributed by atoms with Crippen LogP contribution in [0.1, 0.15) is 43.9 Å². The van der Waals surface area contributed by atoms with Crippen LogP contribution in [0.2, 0.25) is 0 Å². The van der Waals surface area contributed by atoms with Gasteiger partial charge in [-0.15, -0.1) is 0 Å². The van der Waals surface area contributed by atoms with Gasteiger partial charge in [0.25, 0.3) is 0 Å². The molecular formula is C15H23NO2. The van der Waals surface area contributed by atoms with Gasteiger partial charge >= 0.3 is 0 Å². The minimum atomic E-state index is -0.101. The Labute approximate surface area is 109 Å². The Balaban J connectivity index is 2.22. The van der Waals surface area contributed by atoms with Gasteiger partial charge in [-0.25, -0.2) is 0 Å². The first-order valence-electron chi connectivity index (χ1n) is 6.76. The number of hydrogen-bond acceptors (Lipinski definition) is 3. The Bertz CT molecular complexity index is 405. The van der Waals surface area contributed by atoms with E-state index in [1.54, 1.807) is 0 Å². The first-order valence-corrected chi connectivity index (χ1v) is 6.76. The summed E-state index contributed by atoms with van der Waals surface area (Å²) in [6.07, 6.45) is 2.55. The number of benzene rings is 1. The van der Waals surface area contributed by atoms with Crippen molar-refractivity contribution < 1.29 is 9.47 Å². The van der Waals surface area contributed by atoms with Crippen molar-refractivity contribution in [1.29, 1.82) is 0 Å². The largest absolute Gasteiger partial charge is 0.494 e. The smallest absolute Gasteiger partial charge is 0.124 e. The Morgan fingerprint density at radius 3 is 2.83 bits per heavy atom. The molecule has 0 bridgehead atoms. The fourth-order valence-corrected chi connectivity index (χ4v) is 2.51. The minimum Gasteiger partial charge on any atom is -0.494 e. The average Bonchev–Trinajstić information content (AvgIpc) is 2.77. The molecule has 18 heavy (non-hydrogen) atoms. The lowest BCUT2D eigenvalue weighted by Gasteiger charge is -2.22. The first kappa shape index (κ1) is 13.4. The lowest BCUT2D eigenvalue weighted by molar-refractivity contribution is 0.0395. The summed E-state index contributed by atoms with van der Waals surface area (Å²) in [7, 11) is 0. The van der Waals surface area contributed by atoms with E-state index in [9.17, 15) is 0 Å². The topological polar surface area (TPSA) is 44.5 Å². The van der Waals surface area contributed by atoms with Crippen molar-refractivity contribution >= 4 is 0 Å². The third kappa shape index (κ3) is 2.85. The molecular weight excluding hydrogens is 226 g/mol. The van der Waals surface area contributed by atoms with Crippen molar-refractivity contribution in [3.63, 3.8) is 0 Å². The third-order valence-corrected chi connectivity index (χ3v) is 3.49. The van der Waals surface area contributed by atoms with Crippen molar-refractivity contribution in [2.45, 2.75) is 51.9 Å². The Hall–Kier alpha value is -1.06. The lowest BCUT2D eigenvalue weighted by atomic mass is 9.97. The van der Waals surface area contributed by atoms with Gasteiger partial charge in [0.2, 0.25) is 0 Å². The van der Waals surface area contributed by atoms with E-state index < -0.39 is 0 Å². The Morgan fingerprint density at radius 2 is 2.22 bits per heavy atom. The molecule has 1 aliphatic rings. The molecule has 0 saturated carbocycles. The highest BCUT2D eigenvalue weighted by Gasteiger charge is 2.29. The molecule has 0 spiro atoms. The van der Waals surface area contributed by atoms with Gasteiger partial charge in [-0.1, -0.05) is 17.7 Å². The summed E-state index contributed by atoms with van der Waals surface area (Å²) in [6.45, 7) is 6.82. The van der Waals surface area contributed by atoms with Crippen LogP contribution in [-0.4, -0.2) is 18.8 Å². The van der Waals surface area contributed by atoms with E-state index in [2.05, 4.69) is 26.0 Å². The van der Waals surface area contributed by atoms with E-state index in [1.165, 1.54) is 5.56 Å². The van der Waals surface area contributed by atoms with Crippen molar-refractivity contribution in [2.75, 3.05) is 6.61 Å². The van der Waals surface area contributed by atoms with Crippen molar-refractivity contribution in [3.8, 4) is 5.75 Å². The predicted octanol–water partition coefficient (Wildman–Crippen LogP) is 2.96. The quantitative estimate of drug-likeness (QED) is 0.892.